The van der Waals surface area contributed by atoms with Gasteiger partial charge < -0.3 is 10.6 Å². The maximum atomic E-state index is 13.5. The Morgan fingerprint density at radius 1 is 1.00 bits per heavy atom. The molecule has 0 radical (unpaired) electrons. The molecule has 0 saturated heterocycles. The topological polar surface area (TPSA) is 93.1 Å². The van der Waals surface area contributed by atoms with Crippen LogP contribution in [0.5, 0.6) is 0 Å². The van der Waals surface area contributed by atoms with Gasteiger partial charge >= 0.3 is 0 Å². The average molecular weight is 499 g/mol. The normalized spacial score (nSPS) is 13.8. The van der Waals surface area contributed by atoms with Crippen molar-refractivity contribution in [2.45, 2.75) is 37.0 Å². The number of aromatic nitrogens is 2. The smallest absolute Gasteiger partial charge is 0.262 e. The van der Waals surface area contributed by atoms with Gasteiger partial charge in [0, 0.05) is 6.04 Å². The molecule has 5 rings (SSSR count). The number of amides is 2. The van der Waals surface area contributed by atoms with Crippen molar-refractivity contribution < 1.29 is 9.59 Å². The standard InChI is InChI=1S/C28H26N4O3S/c1-18(19-9-3-2-4-10-19)32-27(35)22-12-6-8-14-24(22)31-28(32)36-17-25(33)30-23-13-7-5-11-21(23)26(34)29-20-15-16-20/h2-14,18,20H,15-17H2,1H3,(H,29,34)(H,30,33)/t18-/m0/s1. The van der Waals surface area contributed by atoms with Gasteiger partial charge in [0.2, 0.25) is 5.91 Å². The Hall–Kier alpha value is -3.91. The lowest BCUT2D eigenvalue weighted by molar-refractivity contribution is -0.113. The van der Waals surface area contributed by atoms with E-state index in [2.05, 4.69) is 10.6 Å². The number of fused-ring (bicyclic) bond motifs is 1. The van der Waals surface area contributed by atoms with E-state index in [1.54, 1.807) is 41.0 Å². The highest BCUT2D eigenvalue weighted by Crippen LogP contribution is 2.26. The van der Waals surface area contributed by atoms with Crippen LogP contribution in [0.3, 0.4) is 0 Å². The number of carbonyl (C=O) groups is 2. The van der Waals surface area contributed by atoms with Crippen molar-refractivity contribution in [3.63, 3.8) is 0 Å². The van der Waals surface area contributed by atoms with Crippen molar-refractivity contribution in [3.05, 3.63) is 100 Å². The molecule has 7 nitrogen and oxygen atoms in total. The number of hydrogen-bond acceptors (Lipinski definition) is 5. The van der Waals surface area contributed by atoms with Crippen molar-refractivity contribution in [3.8, 4) is 0 Å². The molecule has 1 saturated carbocycles. The van der Waals surface area contributed by atoms with Gasteiger partial charge in [-0.25, -0.2) is 4.98 Å². The SMILES string of the molecule is C[C@@H](c1ccccc1)n1c(SCC(=O)Nc2ccccc2C(=O)NC2CC2)nc2ccccc2c1=O. The molecule has 1 atom stereocenters. The number of hydrogen-bond donors (Lipinski definition) is 2. The molecule has 0 unspecified atom stereocenters. The van der Waals surface area contributed by atoms with E-state index in [1.807, 2.05) is 49.4 Å². The van der Waals surface area contributed by atoms with Crippen molar-refractivity contribution >= 4 is 40.2 Å². The van der Waals surface area contributed by atoms with Gasteiger partial charge in [-0.05, 0) is 49.6 Å². The molecule has 4 aromatic rings. The Balaban J connectivity index is 1.39. The number of thioether (sulfide) groups is 1. The van der Waals surface area contributed by atoms with Crippen LogP contribution in [0.2, 0.25) is 0 Å². The number of para-hydroxylation sites is 2. The second-order valence-electron chi connectivity index (χ2n) is 8.80. The second-order valence-corrected chi connectivity index (χ2v) is 9.75. The van der Waals surface area contributed by atoms with E-state index < -0.39 is 0 Å². The lowest BCUT2D eigenvalue weighted by Crippen LogP contribution is -2.28. The molecule has 0 bridgehead atoms. The zero-order valence-corrected chi connectivity index (χ0v) is 20.6. The van der Waals surface area contributed by atoms with Crippen LogP contribution in [0, 0.1) is 0 Å². The third kappa shape index (κ3) is 5.18. The molecule has 0 spiro atoms. The third-order valence-electron chi connectivity index (χ3n) is 6.14. The van der Waals surface area contributed by atoms with Crippen LogP contribution in [0.4, 0.5) is 5.69 Å². The highest BCUT2D eigenvalue weighted by atomic mass is 32.2. The molecule has 36 heavy (non-hydrogen) atoms. The third-order valence-corrected chi connectivity index (χ3v) is 7.09. The molecular weight excluding hydrogens is 472 g/mol. The molecule has 182 valence electrons. The summed E-state index contributed by atoms with van der Waals surface area (Å²) in [5, 5.41) is 6.80. The van der Waals surface area contributed by atoms with Crippen molar-refractivity contribution in [1.29, 1.82) is 0 Å². The molecule has 1 aromatic heterocycles. The number of rotatable bonds is 8. The first-order valence-corrected chi connectivity index (χ1v) is 12.9. The number of anilines is 1. The summed E-state index contributed by atoms with van der Waals surface area (Å²) in [5.41, 5.74) is 2.30. The van der Waals surface area contributed by atoms with Crippen LogP contribution in [0.15, 0.2) is 88.8 Å². The first-order chi connectivity index (χ1) is 17.5. The Bertz CT molecular complexity index is 1480. The fourth-order valence-corrected chi connectivity index (χ4v) is 4.92. The maximum absolute atomic E-state index is 13.5. The predicted molar refractivity (Wildman–Crippen MR) is 143 cm³/mol. The van der Waals surface area contributed by atoms with Gasteiger partial charge in [0.15, 0.2) is 5.16 Å². The minimum Gasteiger partial charge on any atom is -0.349 e. The summed E-state index contributed by atoms with van der Waals surface area (Å²) in [6, 6.07) is 23.9. The molecule has 1 aliphatic rings. The Morgan fingerprint density at radius 3 is 2.47 bits per heavy atom. The minimum atomic E-state index is -0.284. The van der Waals surface area contributed by atoms with E-state index in [0.29, 0.717) is 27.3 Å². The van der Waals surface area contributed by atoms with Gasteiger partial charge in [0.1, 0.15) is 0 Å². The monoisotopic (exact) mass is 498 g/mol. The highest BCUT2D eigenvalue weighted by Gasteiger charge is 2.25. The summed E-state index contributed by atoms with van der Waals surface area (Å²) >= 11 is 1.20. The van der Waals surface area contributed by atoms with Crippen molar-refractivity contribution in [2.75, 3.05) is 11.1 Å². The van der Waals surface area contributed by atoms with E-state index in [4.69, 9.17) is 4.98 Å². The molecular formula is C28H26N4O3S. The molecule has 1 heterocycles. The van der Waals surface area contributed by atoms with Gasteiger partial charge in [0.05, 0.1) is 33.9 Å². The predicted octanol–water partition coefficient (Wildman–Crippen LogP) is 4.63. The Kier molecular flexibility index (Phi) is 6.86. The van der Waals surface area contributed by atoms with Crippen LogP contribution in [0.25, 0.3) is 10.9 Å². The summed E-state index contributed by atoms with van der Waals surface area (Å²) in [6.45, 7) is 1.95. The van der Waals surface area contributed by atoms with Crippen LogP contribution < -0.4 is 16.2 Å². The van der Waals surface area contributed by atoms with Crippen LogP contribution in [-0.4, -0.2) is 33.2 Å². The van der Waals surface area contributed by atoms with E-state index in [9.17, 15) is 14.4 Å². The van der Waals surface area contributed by atoms with E-state index in [1.165, 1.54) is 11.8 Å². The molecule has 3 aromatic carbocycles. The fourth-order valence-electron chi connectivity index (χ4n) is 4.05. The molecule has 0 aliphatic heterocycles. The van der Waals surface area contributed by atoms with E-state index in [0.717, 1.165) is 18.4 Å². The molecule has 2 N–H and O–H groups in total. The summed E-state index contributed by atoms with van der Waals surface area (Å²) in [5.74, 6) is -0.444. The van der Waals surface area contributed by atoms with Crippen molar-refractivity contribution in [1.82, 2.24) is 14.9 Å². The number of carbonyl (C=O) groups excluding carboxylic acids is 2. The van der Waals surface area contributed by atoms with Gasteiger partial charge in [-0.1, -0.05) is 66.4 Å². The largest absolute Gasteiger partial charge is 0.349 e. The van der Waals surface area contributed by atoms with Gasteiger partial charge in [-0.2, -0.15) is 0 Å². The molecule has 8 heteroatoms. The first kappa shape index (κ1) is 23.8. The first-order valence-electron chi connectivity index (χ1n) is 11.9. The van der Waals surface area contributed by atoms with Crippen molar-refractivity contribution in [2.24, 2.45) is 0 Å². The maximum Gasteiger partial charge on any atom is 0.262 e. The molecule has 1 aliphatic carbocycles. The van der Waals surface area contributed by atoms with E-state index >= 15 is 0 Å². The lowest BCUT2D eigenvalue weighted by atomic mass is 10.1. The average Bonchev–Trinajstić information content (AvgIpc) is 3.72. The number of benzene rings is 3. The number of nitrogens with zero attached hydrogens (tertiary/aromatic N) is 2. The summed E-state index contributed by atoms with van der Waals surface area (Å²) < 4.78 is 1.65. The zero-order chi connectivity index (χ0) is 25.1. The van der Waals surface area contributed by atoms with Gasteiger partial charge in [-0.15, -0.1) is 0 Å². The zero-order valence-electron chi connectivity index (χ0n) is 19.8. The quantitative estimate of drug-likeness (QED) is 0.273. The molecule has 1 fully saturated rings. The fraction of sp³-hybridized carbons (Fsp3) is 0.214. The van der Waals surface area contributed by atoms with Gasteiger partial charge in [0.25, 0.3) is 11.5 Å². The van der Waals surface area contributed by atoms with Crippen LogP contribution >= 0.6 is 11.8 Å². The Morgan fingerprint density at radius 2 is 1.69 bits per heavy atom. The van der Waals surface area contributed by atoms with E-state index in [-0.39, 0.29) is 35.2 Å². The highest BCUT2D eigenvalue weighted by molar-refractivity contribution is 7.99. The number of nitrogens with one attached hydrogen (secondary N) is 2. The second kappa shape index (κ2) is 10.4. The van der Waals surface area contributed by atoms with Gasteiger partial charge in [-0.3, -0.25) is 19.0 Å². The summed E-state index contributed by atoms with van der Waals surface area (Å²) in [7, 11) is 0. The minimum absolute atomic E-state index is 0.0326. The lowest BCUT2D eigenvalue weighted by Gasteiger charge is -2.20. The molecule has 2 amide bonds. The van der Waals surface area contributed by atoms with Crippen LogP contribution in [0.1, 0.15) is 41.7 Å². The summed E-state index contributed by atoms with van der Waals surface area (Å²) in [6.07, 6.45) is 1.97. The summed E-state index contributed by atoms with van der Waals surface area (Å²) in [4.78, 5) is 43.7. The van der Waals surface area contributed by atoms with Crippen LogP contribution in [-0.2, 0) is 4.79 Å². The Labute approximate surface area is 212 Å².